The highest BCUT2D eigenvalue weighted by Gasteiger charge is 1.92. The van der Waals surface area contributed by atoms with E-state index in [9.17, 15) is 0 Å². The minimum Gasteiger partial charge on any atom is -0.310 e. The molecule has 1 N–H and O–H groups in total. The summed E-state index contributed by atoms with van der Waals surface area (Å²) in [6, 6.07) is 11.0. The molecule has 0 unspecified atom stereocenters. The molecular formula is C10H16BrN. The highest BCUT2D eigenvalue weighted by molar-refractivity contribution is 8.93. The molecule has 0 amide bonds. The summed E-state index contributed by atoms with van der Waals surface area (Å²) in [4.78, 5) is 0. The van der Waals surface area contributed by atoms with Gasteiger partial charge in [-0.1, -0.05) is 44.2 Å². The van der Waals surface area contributed by atoms with Gasteiger partial charge in [-0.25, -0.2) is 0 Å². The molecule has 0 aliphatic carbocycles. The zero-order chi connectivity index (χ0) is 8.10. The third-order valence-electron chi connectivity index (χ3n) is 1.56. The van der Waals surface area contributed by atoms with Gasteiger partial charge in [0.1, 0.15) is 0 Å². The van der Waals surface area contributed by atoms with Crippen molar-refractivity contribution in [3.63, 3.8) is 0 Å². The van der Waals surface area contributed by atoms with Gasteiger partial charge in [0.05, 0.1) is 0 Å². The second kappa shape index (κ2) is 6.21. The van der Waals surface area contributed by atoms with Crippen molar-refractivity contribution >= 4 is 17.0 Å². The first kappa shape index (κ1) is 11.7. The van der Waals surface area contributed by atoms with Gasteiger partial charge in [0.25, 0.3) is 0 Å². The van der Waals surface area contributed by atoms with E-state index in [4.69, 9.17) is 0 Å². The average molecular weight is 230 g/mol. The Morgan fingerprint density at radius 1 is 1.17 bits per heavy atom. The molecule has 0 radical (unpaired) electrons. The van der Waals surface area contributed by atoms with Crippen LogP contribution < -0.4 is 5.32 Å². The van der Waals surface area contributed by atoms with Crippen LogP contribution in [0.4, 0.5) is 0 Å². The van der Waals surface area contributed by atoms with Crippen molar-refractivity contribution in [1.82, 2.24) is 5.32 Å². The van der Waals surface area contributed by atoms with Crippen LogP contribution in [0.3, 0.4) is 0 Å². The van der Waals surface area contributed by atoms with E-state index < -0.39 is 0 Å². The summed E-state index contributed by atoms with van der Waals surface area (Å²) in [7, 11) is 0. The highest BCUT2D eigenvalue weighted by Crippen LogP contribution is 1.97. The van der Waals surface area contributed by atoms with Crippen LogP contribution in [0.1, 0.15) is 19.4 Å². The molecule has 12 heavy (non-hydrogen) atoms. The molecule has 0 fully saturated rings. The topological polar surface area (TPSA) is 12.0 Å². The van der Waals surface area contributed by atoms with E-state index in [0.717, 1.165) is 6.54 Å². The number of benzene rings is 1. The van der Waals surface area contributed by atoms with Crippen LogP contribution >= 0.6 is 17.0 Å². The van der Waals surface area contributed by atoms with Gasteiger partial charge in [0, 0.05) is 12.6 Å². The molecule has 0 heterocycles. The summed E-state index contributed by atoms with van der Waals surface area (Å²) in [6.45, 7) is 5.28. The molecule has 1 nitrogen and oxygen atoms in total. The lowest BCUT2D eigenvalue weighted by molar-refractivity contribution is 0.589. The smallest absolute Gasteiger partial charge is 0.0207 e. The van der Waals surface area contributed by atoms with Crippen molar-refractivity contribution in [2.45, 2.75) is 26.4 Å². The minimum atomic E-state index is 0. The van der Waals surface area contributed by atoms with Crippen LogP contribution in [-0.4, -0.2) is 6.04 Å². The lowest BCUT2D eigenvalue weighted by Crippen LogP contribution is -2.21. The van der Waals surface area contributed by atoms with Gasteiger partial charge in [0.2, 0.25) is 0 Å². The second-order valence-corrected chi connectivity index (χ2v) is 3.02. The summed E-state index contributed by atoms with van der Waals surface area (Å²) in [5.41, 5.74) is 1.35. The average Bonchev–Trinajstić information content (AvgIpc) is 2.03. The van der Waals surface area contributed by atoms with Crippen molar-refractivity contribution < 1.29 is 0 Å². The monoisotopic (exact) mass is 229 g/mol. The van der Waals surface area contributed by atoms with E-state index in [1.165, 1.54) is 5.56 Å². The maximum Gasteiger partial charge on any atom is 0.0207 e. The highest BCUT2D eigenvalue weighted by atomic mass is 79.9. The van der Waals surface area contributed by atoms with Gasteiger partial charge >= 0.3 is 0 Å². The Balaban J connectivity index is 0.00000121. The summed E-state index contributed by atoms with van der Waals surface area (Å²) < 4.78 is 0. The normalized spacial score (nSPS) is 9.58. The maximum atomic E-state index is 3.36. The Bertz CT molecular complexity index is 196. The quantitative estimate of drug-likeness (QED) is 0.841. The Hall–Kier alpha value is -0.340. The Morgan fingerprint density at radius 2 is 1.75 bits per heavy atom. The predicted octanol–water partition coefficient (Wildman–Crippen LogP) is 2.76. The van der Waals surface area contributed by atoms with Crippen molar-refractivity contribution in [2.75, 3.05) is 0 Å². The fourth-order valence-corrected chi connectivity index (χ4v) is 0.918. The van der Waals surface area contributed by atoms with Crippen LogP contribution in [0.15, 0.2) is 30.3 Å². The Morgan fingerprint density at radius 3 is 2.25 bits per heavy atom. The SMILES string of the molecule is Br.CC(C)NCc1ccccc1. The van der Waals surface area contributed by atoms with Crippen molar-refractivity contribution in [2.24, 2.45) is 0 Å². The first-order chi connectivity index (χ1) is 5.29. The summed E-state index contributed by atoms with van der Waals surface area (Å²) in [5.74, 6) is 0. The molecule has 1 aromatic rings. The Labute approximate surface area is 85.0 Å². The van der Waals surface area contributed by atoms with E-state index in [1.807, 2.05) is 6.07 Å². The molecule has 0 atom stereocenters. The summed E-state index contributed by atoms with van der Waals surface area (Å²) in [5, 5.41) is 3.36. The largest absolute Gasteiger partial charge is 0.310 e. The number of rotatable bonds is 3. The second-order valence-electron chi connectivity index (χ2n) is 3.02. The lowest BCUT2D eigenvalue weighted by atomic mass is 10.2. The van der Waals surface area contributed by atoms with Crippen molar-refractivity contribution in [3.05, 3.63) is 35.9 Å². The zero-order valence-electron chi connectivity index (χ0n) is 7.58. The lowest BCUT2D eigenvalue weighted by Gasteiger charge is -2.06. The molecule has 0 aromatic heterocycles. The molecule has 0 saturated heterocycles. The van der Waals surface area contributed by atoms with E-state index in [1.54, 1.807) is 0 Å². The maximum absolute atomic E-state index is 3.36. The van der Waals surface area contributed by atoms with Crippen LogP contribution in [0.25, 0.3) is 0 Å². The van der Waals surface area contributed by atoms with Crippen LogP contribution in [0.5, 0.6) is 0 Å². The van der Waals surface area contributed by atoms with E-state index in [2.05, 4.69) is 43.4 Å². The Kier molecular flexibility index (Phi) is 6.03. The molecule has 1 rings (SSSR count). The molecule has 2 heteroatoms. The minimum absolute atomic E-state index is 0. The number of halogens is 1. The molecule has 68 valence electrons. The molecule has 0 aliphatic rings. The third kappa shape index (κ3) is 4.52. The predicted molar refractivity (Wildman–Crippen MR) is 58.7 cm³/mol. The van der Waals surface area contributed by atoms with Gasteiger partial charge in [-0.05, 0) is 5.56 Å². The number of hydrogen-bond acceptors (Lipinski definition) is 1. The molecule has 1 aromatic carbocycles. The fourth-order valence-electron chi connectivity index (χ4n) is 0.918. The van der Waals surface area contributed by atoms with Gasteiger partial charge in [-0.15, -0.1) is 17.0 Å². The standard InChI is InChI=1S/C10H15N.BrH/c1-9(2)11-8-10-6-4-3-5-7-10;/h3-7,9,11H,8H2,1-2H3;1H. The third-order valence-corrected chi connectivity index (χ3v) is 1.56. The molecular weight excluding hydrogens is 214 g/mol. The van der Waals surface area contributed by atoms with Gasteiger partial charge in [-0.2, -0.15) is 0 Å². The molecule has 0 spiro atoms. The summed E-state index contributed by atoms with van der Waals surface area (Å²) in [6.07, 6.45) is 0. The van der Waals surface area contributed by atoms with Crippen LogP contribution in [0, 0.1) is 0 Å². The first-order valence-corrected chi connectivity index (χ1v) is 4.06. The number of hydrogen-bond donors (Lipinski definition) is 1. The van der Waals surface area contributed by atoms with Gasteiger partial charge < -0.3 is 5.32 Å². The first-order valence-electron chi connectivity index (χ1n) is 4.06. The van der Waals surface area contributed by atoms with Gasteiger partial charge in [-0.3, -0.25) is 0 Å². The van der Waals surface area contributed by atoms with Crippen molar-refractivity contribution in [3.8, 4) is 0 Å². The molecule has 0 bridgehead atoms. The molecule has 0 saturated carbocycles. The number of nitrogens with one attached hydrogen (secondary N) is 1. The fraction of sp³-hybridized carbons (Fsp3) is 0.400. The van der Waals surface area contributed by atoms with Crippen LogP contribution in [-0.2, 0) is 6.54 Å². The van der Waals surface area contributed by atoms with E-state index >= 15 is 0 Å². The van der Waals surface area contributed by atoms with E-state index in [0.29, 0.717) is 6.04 Å². The van der Waals surface area contributed by atoms with Crippen LogP contribution in [0.2, 0.25) is 0 Å². The van der Waals surface area contributed by atoms with Crippen molar-refractivity contribution in [1.29, 1.82) is 0 Å². The van der Waals surface area contributed by atoms with E-state index in [-0.39, 0.29) is 17.0 Å². The van der Waals surface area contributed by atoms with Gasteiger partial charge in [0.15, 0.2) is 0 Å². The zero-order valence-corrected chi connectivity index (χ0v) is 9.29. The molecule has 0 aliphatic heterocycles. The summed E-state index contributed by atoms with van der Waals surface area (Å²) >= 11 is 0.